The van der Waals surface area contributed by atoms with Crippen molar-refractivity contribution in [1.29, 1.82) is 0 Å². The average Bonchev–Trinajstić information content (AvgIpc) is 2.36. The van der Waals surface area contributed by atoms with Crippen molar-refractivity contribution in [1.82, 2.24) is 4.90 Å². The highest BCUT2D eigenvalue weighted by atomic mass is 16.5. The van der Waals surface area contributed by atoms with E-state index in [1.165, 1.54) is 0 Å². The minimum absolute atomic E-state index is 0.00551. The minimum Gasteiger partial charge on any atom is -0.359 e. The van der Waals surface area contributed by atoms with E-state index in [-0.39, 0.29) is 18.7 Å². The van der Waals surface area contributed by atoms with Crippen LogP contribution in [0, 0.1) is 0 Å². The summed E-state index contributed by atoms with van der Waals surface area (Å²) in [6.07, 6.45) is -0.157. The molecule has 0 aliphatic carbocycles. The van der Waals surface area contributed by atoms with Crippen molar-refractivity contribution in [3.05, 3.63) is 0 Å². The highest BCUT2D eigenvalue weighted by Gasteiger charge is 2.25. The van der Waals surface area contributed by atoms with Crippen LogP contribution >= 0.6 is 0 Å². The molecule has 1 amide bonds. The predicted molar refractivity (Wildman–Crippen MR) is 38.8 cm³/mol. The lowest BCUT2D eigenvalue weighted by Gasteiger charge is -2.21. The van der Waals surface area contributed by atoms with Crippen molar-refractivity contribution >= 4 is 5.91 Å². The van der Waals surface area contributed by atoms with E-state index in [1.807, 2.05) is 13.8 Å². The lowest BCUT2D eigenvalue weighted by molar-refractivity contribution is -0.138. The van der Waals surface area contributed by atoms with Crippen LogP contribution in [0.1, 0.15) is 13.8 Å². The molecule has 1 aliphatic heterocycles. The van der Waals surface area contributed by atoms with Gasteiger partial charge in [-0.3, -0.25) is 9.69 Å². The van der Waals surface area contributed by atoms with E-state index < -0.39 is 0 Å². The van der Waals surface area contributed by atoms with Gasteiger partial charge in [0.2, 0.25) is 0 Å². The number of amides is 1. The Morgan fingerprint density at radius 2 is 2.55 bits per heavy atom. The summed E-state index contributed by atoms with van der Waals surface area (Å²) in [6.45, 7) is 4.91. The monoisotopic (exact) mass is 159 g/mol. The molecule has 1 unspecified atom stereocenters. The minimum atomic E-state index is -0.157. The Bertz CT molecular complexity index is 149. The second kappa shape index (κ2) is 3.69. The first-order chi connectivity index (χ1) is 5.25. The molecule has 0 spiro atoms. The molecule has 0 N–H and O–H groups in total. The van der Waals surface area contributed by atoms with E-state index in [2.05, 4.69) is 0 Å². The fourth-order valence-electron chi connectivity index (χ4n) is 1.03. The van der Waals surface area contributed by atoms with Crippen molar-refractivity contribution in [2.75, 3.05) is 19.9 Å². The molecule has 0 radical (unpaired) electrons. The Kier molecular flexibility index (Phi) is 2.84. The summed E-state index contributed by atoms with van der Waals surface area (Å²) in [7, 11) is 0. The smallest absolute Gasteiger partial charge is 0.252 e. The first kappa shape index (κ1) is 8.49. The second-order valence-corrected chi connectivity index (χ2v) is 2.40. The Labute approximate surface area is 66.1 Å². The number of carbonyl (C=O) groups is 1. The highest BCUT2D eigenvalue weighted by Crippen LogP contribution is 2.07. The van der Waals surface area contributed by atoms with Gasteiger partial charge in [-0.1, -0.05) is 0 Å². The van der Waals surface area contributed by atoms with E-state index in [4.69, 9.17) is 9.47 Å². The molecular formula is C7H13NO3. The first-order valence-corrected chi connectivity index (χ1v) is 3.74. The predicted octanol–water partition coefficient (Wildman–Crippen LogP) is 0.185. The molecule has 1 saturated heterocycles. The zero-order valence-corrected chi connectivity index (χ0v) is 6.87. The lowest BCUT2D eigenvalue weighted by Crippen LogP contribution is -2.36. The van der Waals surface area contributed by atoms with Crippen molar-refractivity contribution in [3.63, 3.8) is 0 Å². The van der Waals surface area contributed by atoms with Gasteiger partial charge in [-0.15, -0.1) is 0 Å². The second-order valence-electron chi connectivity index (χ2n) is 2.40. The molecule has 0 aromatic heterocycles. The van der Waals surface area contributed by atoms with Crippen LogP contribution in [-0.4, -0.2) is 37.0 Å². The van der Waals surface area contributed by atoms with Crippen LogP contribution in [0.15, 0.2) is 0 Å². The maximum absolute atomic E-state index is 11.0. The fourth-order valence-corrected chi connectivity index (χ4v) is 1.03. The summed E-state index contributed by atoms with van der Waals surface area (Å²) in [4.78, 5) is 12.6. The maximum atomic E-state index is 11.0. The molecule has 1 fully saturated rings. The van der Waals surface area contributed by atoms with Crippen molar-refractivity contribution in [2.45, 2.75) is 20.1 Å². The zero-order chi connectivity index (χ0) is 8.27. The van der Waals surface area contributed by atoms with Crippen LogP contribution < -0.4 is 0 Å². The number of hydrogen-bond donors (Lipinski definition) is 0. The van der Waals surface area contributed by atoms with E-state index in [0.717, 1.165) is 0 Å². The summed E-state index contributed by atoms with van der Waals surface area (Å²) in [5, 5.41) is 0. The van der Waals surface area contributed by atoms with Crippen LogP contribution in [0.5, 0.6) is 0 Å². The third-order valence-corrected chi connectivity index (χ3v) is 1.62. The van der Waals surface area contributed by atoms with Gasteiger partial charge in [0.1, 0.15) is 19.6 Å². The number of nitrogens with zero attached hydrogens (tertiary/aromatic N) is 1. The maximum Gasteiger partial charge on any atom is 0.252 e. The molecule has 64 valence electrons. The molecule has 1 aliphatic rings. The molecule has 0 saturated carbocycles. The van der Waals surface area contributed by atoms with Gasteiger partial charge in [0.15, 0.2) is 0 Å². The van der Waals surface area contributed by atoms with Gasteiger partial charge in [0, 0.05) is 6.61 Å². The average molecular weight is 159 g/mol. The van der Waals surface area contributed by atoms with Crippen LogP contribution in [-0.2, 0) is 14.3 Å². The molecule has 1 rings (SSSR count). The first-order valence-electron chi connectivity index (χ1n) is 3.74. The topological polar surface area (TPSA) is 38.8 Å². The SMILES string of the molecule is CCOC(C)N1COCC1=O. The Morgan fingerprint density at radius 1 is 1.82 bits per heavy atom. The Balaban J connectivity index is 2.39. The van der Waals surface area contributed by atoms with Gasteiger partial charge in [-0.05, 0) is 13.8 Å². The molecule has 1 heterocycles. The summed E-state index contributed by atoms with van der Waals surface area (Å²) in [5.74, 6) is 0.00551. The largest absolute Gasteiger partial charge is 0.359 e. The highest BCUT2D eigenvalue weighted by molar-refractivity contribution is 5.78. The molecule has 0 bridgehead atoms. The van der Waals surface area contributed by atoms with Crippen LogP contribution in [0.2, 0.25) is 0 Å². The van der Waals surface area contributed by atoms with Crippen LogP contribution in [0.4, 0.5) is 0 Å². The molecule has 1 atom stereocenters. The van der Waals surface area contributed by atoms with Crippen molar-refractivity contribution in [3.8, 4) is 0 Å². The van der Waals surface area contributed by atoms with Crippen LogP contribution in [0.25, 0.3) is 0 Å². The van der Waals surface area contributed by atoms with E-state index in [0.29, 0.717) is 13.3 Å². The zero-order valence-electron chi connectivity index (χ0n) is 6.87. The molecule has 0 aromatic carbocycles. The molecule has 11 heavy (non-hydrogen) atoms. The van der Waals surface area contributed by atoms with Gasteiger partial charge in [-0.25, -0.2) is 0 Å². The molecular weight excluding hydrogens is 146 g/mol. The number of ether oxygens (including phenoxy) is 2. The summed E-state index contributed by atoms with van der Waals surface area (Å²) >= 11 is 0. The lowest BCUT2D eigenvalue weighted by atomic mass is 10.5. The van der Waals surface area contributed by atoms with Gasteiger partial charge in [-0.2, -0.15) is 0 Å². The van der Waals surface area contributed by atoms with Crippen molar-refractivity contribution < 1.29 is 14.3 Å². The van der Waals surface area contributed by atoms with Crippen molar-refractivity contribution in [2.24, 2.45) is 0 Å². The molecule has 0 aromatic rings. The van der Waals surface area contributed by atoms with Gasteiger partial charge in [0.25, 0.3) is 5.91 Å². The number of hydrogen-bond acceptors (Lipinski definition) is 3. The Morgan fingerprint density at radius 3 is 3.00 bits per heavy atom. The normalized spacial score (nSPS) is 20.9. The fraction of sp³-hybridized carbons (Fsp3) is 0.857. The number of carbonyl (C=O) groups excluding carboxylic acids is 1. The third kappa shape index (κ3) is 1.91. The van der Waals surface area contributed by atoms with E-state index in [9.17, 15) is 4.79 Å². The summed E-state index contributed by atoms with van der Waals surface area (Å²) < 4.78 is 10.2. The van der Waals surface area contributed by atoms with Gasteiger partial charge < -0.3 is 9.47 Å². The van der Waals surface area contributed by atoms with Crippen LogP contribution in [0.3, 0.4) is 0 Å². The third-order valence-electron chi connectivity index (χ3n) is 1.62. The molecule has 4 nitrogen and oxygen atoms in total. The quantitative estimate of drug-likeness (QED) is 0.590. The van der Waals surface area contributed by atoms with E-state index in [1.54, 1.807) is 4.90 Å². The summed E-state index contributed by atoms with van der Waals surface area (Å²) in [6, 6.07) is 0. The summed E-state index contributed by atoms with van der Waals surface area (Å²) in [5.41, 5.74) is 0. The molecule has 4 heteroatoms. The standard InChI is InChI=1S/C7H13NO3/c1-3-11-6(2)8-5-10-4-7(8)9/h6H,3-5H2,1-2H3. The van der Waals surface area contributed by atoms with E-state index >= 15 is 0 Å². The number of rotatable bonds is 3. The Hall–Kier alpha value is -0.610. The van der Waals surface area contributed by atoms with Gasteiger partial charge in [0.05, 0.1) is 0 Å². The van der Waals surface area contributed by atoms with Gasteiger partial charge >= 0.3 is 0 Å².